The first-order valence-electron chi connectivity index (χ1n) is 7.25. The van der Waals surface area contributed by atoms with Crippen LogP contribution in [0.4, 0.5) is 13.2 Å². The molecule has 0 amide bonds. The highest BCUT2D eigenvalue weighted by Crippen LogP contribution is 2.37. The van der Waals surface area contributed by atoms with E-state index in [1.54, 1.807) is 30.3 Å². The van der Waals surface area contributed by atoms with Crippen LogP contribution in [0.5, 0.6) is 5.75 Å². The van der Waals surface area contributed by atoms with Gasteiger partial charge >= 0.3 is 12.1 Å². The topological polar surface area (TPSA) is 52.8 Å². The summed E-state index contributed by atoms with van der Waals surface area (Å²) in [4.78, 5) is 11.7. The van der Waals surface area contributed by atoms with Gasteiger partial charge in [-0.3, -0.25) is 0 Å². The average molecular weight is 350 g/mol. The Bertz CT molecular complexity index is 905. The minimum atomic E-state index is -4.72. The Balaban J connectivity index is 2.05. The van der Waals surface area contributed by atoms with Crippen LogP contribution < -0.4 is 4.74 Å². The summed E-state index contributed by atoms with van der Waals surface area (Å²) < 4.78 is 51.2. The van der Waals surface area contributed by atoms with E-state index < -0.39 is 17.8 Å². The van der Waals surface area contributed by atoms with E-state index in [4.69, 9.17) is 4.74 Å². The van der Waals surface area contributed by atoms with Gasteiger partial charge in [-0.1, -0.05) is 30.3 Å². The van der Waals surface area contributed by atoms with E-state index in [0.717, 1.165) is 18.9 Å². The number of nitrogens with zero attached hydrogens (tertiary/aromatic N) is 2. The van der Waals surface area contributed by atoms with Gasteiger partial charge in [-0.15, -0.1) is 0 Å². The van der Waals surface area contributed by atoms with Crippen molar-refractivity contribution in [3.8, 4) is 5.75 Å². The fourth-order valence-electron chi connectivity index (χ4n) is 2.41. The maximum atomic E-state index is 13.5. The lowest BCUT2D eigenvalue weighted by molar-refractivity contribution is -0.144. The van der Waals surface area contributed by atoms with Gasteiger partial charge in [0.25, 0.3) is 0 Å². The second-order valence-corrected chi connectivity index (χ2v) is 5.17. The number of rotatable bonds is 4. The molecule has 2 aromatic heterocycles. The number of esters is 1. The van der Waals surface area contributed by atoms with Crippen LogP contribution in [-0.4, -0.2) is 22.7 Å². The van der Waals surface area contributed by atoms with Crippen molar-refractivity contribution in [2.24, 2.45) is 0 Å². The SMILES string of the molecule is COC(=O)c1cnn2c(C(F)(F)F)c(OCc3ccccc3)ccc12. The van der Waals surface area contributed by atoms with Crippen molar-refractivity contribution in [3.63, 3.8) is 0 Å². The number of fused-ring (bicyclic) bond motifs is 1. The van der Waals surface area contributed by atoms with Crippen LogP contribution >= 0.6 is 0 Å². The molecule has 130 valence electrons. The molecular weight excluding hydrogens is 337 g/mol. The third kappa shape index (κ3) is 3.28. The number of pyridine rings is 1. The number of aromatic nitrogens is 2. The highest BCUT2D eigenvalue weighted by Gasteiger charge is 2.38. The third-order valence-corrected chi connectivity index (χ3v) is 3.56. The fourth-order valence-corrected chi connectivity index (χ4v) is 2.41. The molecule has 0 N–H and O–H groups in total. The van der Waals surface area contributed by atoms with Gasteiger partial charge in [-0.05, 0) is 17.7 Å². The Kier molecular flexibility index (Phi) is 4.35. The molecule has 2 heterocycles. The summed E-state index contributed by atoms with van der Waals surface area (Å²) in [5, 5.41) is 3.69. The summed E-state index contributed by atoms with van der Waals surface area (Å²) in [6.45, 7) is -0.0272. The van der Waals surface area contributed by atoms with Crippen LogP contribution in [0.15, 0.2) is 48.7 Å². The van der Waals surface area contributed by atoms with Crippen molar-refractivity contribution in [3.05, 3.63) is 65.5 Å². The fraction of sp³-hybridized carbons (Fsp3) is 0.176. The smallest absolute Gasteiger partial charge is 0.437 e. The molecule has 0 unspecified atom stereocenters. The van der Waals surface area contributed by atoms with Gasteiger partial charge in [0.2, 0.25) is 0 Å². The van der Waals surface area contributed by atoms with Crippen LogP contribution in [0.3, 0.4) is 0 Å². The molecule has 0 aliphatic heterocycles. The molecule has 1 aromatic carbocycles. The highest BCUT2D eigenvalue weighted by molar-refractivity contribution is 5.96. The standard InChI is InChI=1S/C17H13F3N2O3/c1-24-16(23)12-9-21-22-13(12)7-8-14(15(22)17(18,19)20)25-10-11-5-3-2-4-6-11/h2-9H,10H2,1H3. The second-order valence-electron chi connectivity index (χ2n) is 5.17. The van der Waals surface area contributed by atoms with Gasteiger partial charge < -0.3 is 9.47 Å². The van der Waals surface area contributed by atoms with Gasteiger partial charge in [0.15, 0.2) is 11.4 Å². The molecule has 8 heteroatoms. The molecule has 0 fully saturated rings. The molecule has 0 atom stereocenters. The molecule has 25 heavy (non-hydrogen) atoms. The Morgan fingerprint density at radius 2 is 1.88 bits per heavy atom. The quantitative estimate of drug-likeness (QED) is 0.673. The van der Waals surface area contributed by atoms with E-state index in [2.05, 4.69) is 9.84 Å². The third-order valence-electron chi connectivity index (χ3n) is 3.56. The highest BCUT2D eigenvalue weighted by atomic mass is 19.4. The number of alkyl halides is 3. The Morgan fingerprint density at radius 1 is 1.16 bits per heavy atom. The maximum absolute atomic E-state index is 13.5. The van der Waals surface area contributed by atoms with E-state index >= 15 is 0 Å². The van der Waals surface area contributed by atoms with E-state index in [9.17, 15) is 18.0 Å². The first-order valence-corrected chi connectivity index (χ1v) is 7.25. The van der Waals surface area contributed by atoms with E-state index in [1.807, 2.05) is 0 Å². The van der Waals surface area contributed by atoms with Crippen molar-refractivity contribution < 1.29 is 27.4 Å². The minimum absolute atomic E-state index is 0.00811. The molecule has 0 aliphatic rings. The lowest BCUT2D eigenvalue weighted by Gasteiger charge is -2.15. The Labute approximate surface area is 140 Å². The normalized spacial score (nSPS) is 11.5. The van der Waals surface area contributed by atoms with Gasteiger partial charge in [-0.25, -0.2) is 9.31 Å². The lowest BCUT2D eigenvalue weighted by Crippen LogP contribution is -2.15. The van der Waals surface area contributed by atoms with E-state index in [1.165, 1.54) is 12.1 Å². The van der Waals surface area contributed by atoms with Crippen molar-refractivity contribution in [1.29, 1.82) is 0 Å². The number of ether oxygens (including phenoxy) is 2. The molecular formula is C17H13F3N2O3. The summed E-state index contributed by atoms with van der Waals surface area (Å²) in [5.74, 6) is -1.13. The number of hydrogen-bond donors (Lipinski definition) is 0. The molecule has 0 radical (unpaired) electrons. The van der Waals surface area contributed by atoms with Crippen LogP contribution in [0.25, 0.3) is 5.52 Å². The minimum Gasteiger partial charge on any atom is -0.487 e. The number of carbonyl (C=O) groups is 1. The number of hydrogen-bond acceptors (Lipinski definition) is 4. The molecule has 3 rings (SSSR count). The van der Waals surface area contributed by atoms with Crippen molar-refractivity contribution in [2.75, 3.05) is 7.11 Å². The van der Waals surface area contributed by atoms with Gasteiger partial charge in [0.1, 0.15) is 12.2 Å². The molecule has 3 aromatic rings. The van der Waals surface area contributed by atoms with Gasteiger partial charge in [-0.2, -0.15) is 18.3 Å². The molecule has 0 aliphatic carbocycles. The van der Waals surface area contributed by atoms with Crippen LogP contribution in [0.1, 0.15) is 21.6 Å². The Hall–Kier alpha value is -3.03. The number of methoxy groups -OCH3 is 1. The second kappa shape index (κ2) is 6.46. The van der Waals surface area contributed by atoms with Crippen molar-refractivity contribution >= 4 is 11.5 Å². The van der Waals surface area contributed by atoms with Gasteiger partial charge in [0.05, 0.1) is 18.8 Å². The first kappa shape index (κ1) is 16.8. The summed E-state index contributed by atoms with van der Waals surface area (Å²) in [6.07, 6.45) is -3.68. The van der Waals surface area contributed by atoms with Crippen molar-refractivity contribution in [2.45, 2.75) is 12.8 Å². The zero-order chi connectivity index (χ0) is 18.0. The first-order chi connectivity index (χ1) is 11.9. The zero-order valence-electron chi connectivity index (χ0n) is 13.1. The summed E-state index contributed by atoms with van der Waals surface area (Å²) in [5.41, 5.74) is -0.420. The van der Waals surface area contributed by atoms with Gasteiger partial charge in [0, 0.05) is 0 Å². The number of halogens is 3. The van der Waals surface area contributed by atoms with Crippen LogP contribution in [0.2, 0.25) is 0 Å². The number of benzene rings is 1. The lowest BCUT2D eigenvalue weighted by atomic mass is 10.2. The van der Waals surface area contributed by atoms with Crippen molar-refractivity contribution in [1.82, 2.24) is 9.61 Å². The average Bonchev–Trinajstić information content (AvgIpc) is 3.02. The van der Waals surface area contributed by atoms with Crippen LogP contribution in [0, 0.1) is 0 Å². The molecule has 0 saturated carbocycles. The molecule has 5 nitrogen and oxygen atoms in total. The zero-order valence-corrected chi connectivity index (χ0v) is 13.1. The number of carbonyl (C=O) groups excluding carboxylic acids is 1. The predicted octanol–water partition coefficient (Wildman–Crippen LogP) is 3.72. The monoisotopic (exact) mass is 350 g/mol. The van der Waals surface area contributed by atoms with E-state index in [-0.39, 0.29) is 23.4 Å². The summed E-state index contributed by atoms with van der Waals surface area (Å²) in [7, 11) is 1.15. The summed E-state index contributed by atoms with van der Waals surface area (Å²) in [6, 6.07) is 11.3. The summed E-state index contributed by atoms with van der Waals surface area (Å²) >= 11 is 0. The predicted molar refractivity (Wildman–Crippen MR) is 82.3 cm³/mol. The molecule has 0 spiro atoms. The van der Waals surface area contributed by atoms with Crippen LogP contribution in [-0.2, 0) is 17.5 Å². The van der Waals surface area contributed by atoms with E-state index in [0.29, 0.717) is 4.52 Å². The maximum Gasteiger partial charge on any atom is 0.437 e. The largest absolute Gasteiger partial charge is 0.487 e. The Morgan fingerprint density at radius 3 is 2.52 bits per heavy atom. The molecule has 0 bridgehead atoms. The molecule has 0 saturated heterocycles.